The van der Waals surface area contributed by atoms with Crippen LogP contribution in [0, 0.1) is 6.92 Å². The maximum atomic E-state index is 5.74. The van der Waals surface area contributed by atoms with Crippen LogP contribution in [0.25, 0.3) is 11.1 Å². The standard InChI is InChI=1S/C16H17N3O/c1-10-19-14-8-5-12(9-15(14)20-10)16(18-2)11-3-6-13(17)7-4-11/h3-9,16,18H,17H2,1-2H3. The van der Waals surface area contributed by atoms with Crippen LogP contribution in [0.1, 0.15) is 23.1 Å². The first-order chi connectivity index (χ1) is 9.67. The molecule has 1 aromatic heterocycles. The molecule has 0 aliphatic heterocycles. The van der Waals surface area contributed by atoms with Gasteiger partial charge < -0.3 is 15.5 Å². The van der Waals surface area contributed by atoms with E-state index in [1.807, 2.05) is 50.4 Å². The summed E-state index contributed by atoms with van der Waals surface area (Å²) in [7, 11) is 1.94. The van der Waals surface area contributed by atoms with Gasteiger partial charge >= 0.3 is 0 Å². The highest BCUT2D eigenvalue weighted by molar-refractivity contribution is 5.73. The highest BCUT2D eigenvalue weighted by Crippen LogP contribution is 2.26. The van der Waals surface area contributed by atoms with Gasteiger partial charge in [-0.25, -0.2) is 4.98 Å². The Morgan fingerprint density at radius 2 is 1.80 bits per heavy atom. The molecule has 20 heavy (non-hydrogen) atoms. The fourth-order valence-corrected chi connectivity index (χ4v) is 2.45. The first-order valence-electron chi connectivity index (χ1n) is 6.57. The van der Waals surface area contributed by atoms with Gasteiger partial charge in [-0.05, 0) is 42.4 Å². The highest BCUT2D eigenvalue weighted by atomic mass is 16.3. The van der Waals surface area contributed by atoms with Crippen molar-refractivity contribution in [2.75, 3.05) is 12.8 Å². The number of rotatable bonds is 3. The third-order valence-corrected chi connectivity index (χ3v) is 3.41. The summed E-state index contributed by atoms with van der Waals surface area (Å²) in [6.45, 7) is 1.86. The molecule has 0 spiro atoms. The van der Waals surface area contributed by atoms with Crippen LogP contribution in [0.15, 0.2) is 46.9 Å². The normalized spacial score (nSPS) is 12.7. The lowest BCUT2D eigenvalue weighted by Gasteiger charge is -2.17. The Hall–Kier alpha value is -2.33. The third kappa shape index (κ3) is 2.26. The Balaban J connectivity index is 2.03. The Labute approximate surface area is 117 Å². The maximum Gasteiger partial charge on any atom is 0.192 e. The molecule has 0 radical (unpaired) electrons. The molecule has 4 nitrogen and oxygen atoms in total. The number of aryl methyl sites for hydroxylation is 1. The van der Waals surface area contributed by atoms with Gasteiger partial charge in [0.25, 0.3) is 0 Å². The fraction of sp³-hybridized carbons (Fsp3) is 0.188. The number of aromatic nitrogens is 1. The first-order valence-corrected chi connectivity index (χ1v) is 6.57. The molecule has 0 saturated heterocycles. The molecule has 0 fully saturated rings. The van der Waals surface area contributed by atoms with E-state index >= 15 is 0 Å². The molecule has 3 aromatic rings. The van der Waals surface area contributed by atoms with Gasteiger partial charge in [0.15, 0.2) is 11.5 Å². The average molecular weight is 267 g/mol. The first kappa shape index (κ1) is 12.7. The number of nitrogens with two attached hydrogens (primary N) is 1. The van der Waals surface area contributed by atoms with E-state index in [1.54, 1.807) is 0 Å². The Bertz CT molecular complexity index is 731. The van der Waals surface area contributed by atoms with Crippen molar-refractivity contribution in [1.29, 1.82) is 0 Å². The van der Waals surface area contributed by atoms with Crippen molar-refractivity contribution in [3.8, 4) is 0 Å². The molecule has 0 bridgehead atoms. The number of hydrogen-bond donors (Lipinski definition) is 2. The average Bonchev–Trinajstić information content (AvgIpc) is 2.81. The van der Waals surface area contributed by atoms with Gasteiger partial charge in [0, 0.05) is 12.6 Å². The molecule has 3 rings (SSSR count). The fourth-order valence-electron chi connectivity index (χ4n) is 2.45. The molecule has 3 N–H and O–H groups in total. The second-order valence-electron chi connectivity index (χ2n) is 4.85. The van der Waals surface area contributed by atoms with Crippen LogP contribution in [-0.2, 0) is 0 Å². The van der Waals surface area contributed by atoms with E-state index in [4.69, 9.17) is 10.2 Å². The highest BCUT2D eigenvalue weighted by Gasteiger charge is 2.13. The van der Waals surface area contributed by atoms with Crippen LogP contribution in [0.5, 0.6) is 0 Å². The largest absolute Gasteiger partial charge is 0.441 e. The van der Waals surface area contributed by atoms with E-state index in [9.17, 15) is 0 Å². The molecule has 1 atom stereocenters. The topological polar surface area (TPSA) is 64.1 Å². The molecular weight excluding hydrogens is 250 g/mol. The van der Waals surface area contributed by atoms with Crippen LogP contribution >= 0.6 is 0 Å². The third-order valence-electron chi connectivity index (χ3n) is 3.41. The monoisotopic (exact) mass is 267 g/mol. The van der Waals surface area contributed by atoms with E-state index in [0.717, 1.165) is 27.9 Å². The van der Waals surface area contributed by atoms with Crippen molar-refractivity contribution in [2.45, 2.75) is 13.0 Å². The summed E-state index contributed by atoms with van der Waals surface area (Å²) in [6.07, 6.45) is 0. The van der Waals surface area contributed by atoms with Gasteiger partial charge in [-0.3, -0.25) is 0 Å². The molecular formula is C16H17N3O. The van der Waals surface area contributed by atoms with Crippen molar-refractivity contribution >= 4 is 16.8 Å². The van der Waals surface area contributed by atoms with Gasteiger partial charge in [-0.2, -0.15) is 0 Å². The van der Waals surface area contributed by atoms with Crippen LogP contribution in [-0.4, -0.2) is 12.0 Å². The minimum absolute atomic E-state index is 0.102. The van der Waals surface area contributed by atoms with Gasteiger partial charge in [0.2, 0.25) is 0 Å². The van der Waals surface area contributed by atoms with Crippen LogP contribution in [0.3, 0.4) is 0 Å². The maximum absolute atomic E-state index is 5.74. The smallest absolute Gasteiger partial charge is 0.192 e. The van der Waals surface area contributed by atoms with Crippen LogP contribution < -0.4 is 11.1 Å². The molecule has 1 heterocycles. The minimum atomic E-state index is 0.102. The summed E-state index contributed by atoms with van der Waals surface area (Å²) < 4.78 is 5.60. The van der Waals surface area contributed by atoms with Crippen molar-refractivity contribution in [2.24, 2.45) is 0 Å². The lowest BCUT2D eigenvalue weighted by molar-refractivity contribution is 0.560. The predicted octanol–water partition coefficient (Wildman–Crippen LogP) is 3.03. The summed E-state index contributed by atoms with van der Waals surface area (Å²) in [5, 5.41) is 3.32. The van der Waals surface area contributed by atoms with Crippen molar-refractivity contribution in [3.63, 3.8) is 0 Å². The van der Waals surface area contributed by atoms with Crippen LogP contribution in [0.4, 0.5) is 5.69 Å². The number of fused-ring (bicyclic) bond motifs is 1. The number of nitrogens with one attached hydrogen (secondary N) is 1. The second kappa shape index (κ2) is 4.98. The molecule has 4 heteroatoms. The molecule has 0 amide bonds. The van der Waals surface area contributed by atoms with E-state index in [2.05, 4.69) is 16.4 Å². The molecule has 0 aliphatic rings. The number of hydrogen-bond acceptors (Lipinski definition) is 4. The summed E-state index contributed by atoms with van der Waals surface area (Å²) in [5.41, 5.74) is 10.5. The molecule has 102 valence electrons. The number of benzene rings is 2. The van der Waals surface area contributed by atoms with E-state index in [0.29, 0.717) is 5.89 Å². The minimum Gasteiger partial charge on any atom is -0.441 e. The van der Waals surface area contributed by atoms with E-state index in [1.165, 1.54) is 0 Å². The number of nitrogen functional groups attached to an aromatic ring is 1. The zero-order valence-corrected chi connectivity index (χ0v) is 11.6. The quantitative estimate of drug-likeness (QED) is 0.716. The number of nitrogens with zero attached hydrogens (tertiary/aromatic N) is 1. The van der Waals surface area contributed by atoms with E-state index < -0.39 is 0 Å². The summed E-state index contributed by atoms with van der Waals surface area (Å²) in [4.78, 5) is 4.32. The Morgan fingerprint density at radius 1 is 1.10 bits per heavy atom. The molecule has 1 unspecified atom stereocenters. The zero-order valence-electron chi connectivity index (χ0n) is 11.6. The van der Waals surface area contributed by atoms with Crippen LogP contribution in [0.2, 0.25) is 0 Å². The lowest BCUT2D eigenvalue weighted by atomic mass is 9.98. The number of oxazole rings is 1. The van der Waals surface area contributed by atoms with Gasteiger partial charge in [0.1, 0.15) is 5.52 Å². The molecule has 2 aromatic carbocycles. The Morgan fingerprint density at radius 3 is 2.50 bits per heavy atom. The van der Waals surface area contributed by atoms with Gasteiger partial charge in [-0.15, -0.1) is 0 Å². The predicted molar refractivity (Wildman–Crippen MR) is 80.5 cm³/mol. The number of anilines is 1. The van der Waals surface area contributed by atoms with E-state index in [-0.39, 0.29) is 6.04 Å². The van der Waals surface area contributed by atoms with Gasteiger partial charge in [-0.1, -0.05) is 18.2 Å². The summed E-state index contributed by atoms with van der Waals surface area (Å²) in [5.74, 6) is 0.686. The SMILES string of the molecule is CNC(c1ccc(N)cc1)c1ccc2nc(C)oc2c1. The Kier molecular flexibility index (Phi) is 3.16. The van der Waals surface area contributed by atoms with Crippen molar-refractivity contribution in [3.05, 3.63) is 59.5 Å². The molecule has 0 aliphatic carbocycles. The summed E-state index contributed by atoms with van der Waals surface area (Å²) in [6, 6.07) is 14.1. The second-order valence-corrected chi connectivity index (χ2v) is 4.85. The zero-order chi connectivity index (χ0) is 14.1. The van der Waals surface area contributed by atoms with Crippen molar-refractivity contribution in [1.82, 2.24) is 10.3 Å². The molecule has 0 saturated carbocycles. The lowest BCUT2D eigenvalue weighted by Crippen LogP contribution is -2.17. The summed E-state index contributed by atoms with van der Waals surface area (Å²) >= 11 is 0. The van der Waals surface area contributed by atoms with Gasteiger partial charge in [0.05, 0.1) is 6.04 Å². The van der Waals surface area contributed by atoms with Crippen molar-refractivity contribution < 1.29 is 4.42 Å².